The monoisotopic (exact) mass is 401 g/mol. The number of amides is 1. The summed E-state index contributed by atoms with van der Waals surface area (Å²) in [6.45, 7) is 4.87. The van der Waals surface area contributed by atoms with Crippen LogP contribution in [-0.4, -0.2) is 62.8 Å². The largest absolute Gasteiger partial charge is 0.355 e. The number of aryl methyl sites for hydroxylation is 1. The second-order valence-electron chi connectivity index (χ2n) is 7.02. The molecule has 0 aliphatic carbocycles. The molecule has 0 saturated carbocycles. The predicted octanol–water partition coefficient (Wildman–Crippen LogP) is 1.66. The third-order valence-corrected chi connectivity index (χ3v) is 6.97. The Labute approximate surface area is 167 Å². The summed E-state index contributed by atoms with van der Waals surface area (Å²) in [5.41, 5.74) is 2.47. The van der Waals surface area contributed by atoms with Crippen LogP contribution in [0.3, 0.4) is 0 Å². The third-order valence-electron chi connectivity index (χ3n) is 5.06. The van der Waals surface area contributed by atoms with Crippen molar-refractivity contribution in [3.05, 3.63) is 65.7 Å². The number of hydrogen-bond acceptors (Lipinski definition) is 4. The van der Waals surface area contributed by atoms with E-state index in [-0.39, 0.29) is 5.91 Å². The Morgan fingerprint density at radius 3 is 2.29 bits per heavy atom. The number of nitrogens with one attached hydrogen (secondary N) is 1. The van der Waals surface area contributed by atoms with Gasteiger partial charge in [-0.1, -0.05) is 42.5 Å². The van der Waals surface area contributed by atoms with Crippen LogP contribution in [0.5, 0.6) is 0 Å². The van der Waals surface area contributed by atoms with Gasteiger partial charge in [0.15, 0.2) is 0 Å². The van der Waals surface area contributed by atoms with Crippen LogP contribution in [0.25, 0.3) is 0 Å². The lowest BCUT2D eigenvalue weighted by Gasteiger charge is -2.33. The summed E-state index contributed by atoms with van der Waals surface area (Å²) in [5, 5.41) is 2.96. The van der Waals surface area contributed by atoms with E-state index in [0.29, 0.717) is 44.2 Å². The van der Waals surface area contributed by atoms with Crippen LogP contribution in [0.1, 0.15) is 11.1 Å². The fraction of sp³-hybridized carbons (Fsp3) is 0.381. The van der Waals surface area contributed by atoms with Crippen LogP contribution in [0, 0.1) is 6.92 Å². The first-order chi connectivity index (χ1) is 13.5. The number of piperazine rings is 1. The lowest BCUT2D eigenvalue weighted by Crippen LogP contribution is -2.51. The van der Waals surface area contributed by atoms with Crippen molar-refractivity contribution in [1.82, 2.24) is 14.5 Å². The van der Waals surface area contributed by atoms with Gasteiger partial charge in [0.2, 0.25) is 15.9 Å². The van der Waals surface area contributed by atoms with Crippen molar-refractivity contribution in [2.24, 2.45) is 0 Å². The second kappa shape index (κ2) is 9.32. The van der Waals surface area contributed by atoms with Crippen LogP contribution >= 0.6 is 0 Å². The zero-order chi connectivity index (χ0) is 20.0. The molecule has 0 radical (unpaired) electrons. The molecule has 1 aliphatic heterocycles. The van der Waals surface area contributed by atoms with Crippen molar-refractivity contribution in [2.75, 3.05) is 39.3 Å². The van der Waals surface area contributed by atoms with E-state index in [1.807, 2.05) is 17.0 Å². The van der Waals surface area contributed by atoms with Crippen LogP contribution in [0.15, 0.2) is 59.5 Å². The molecule has 0 unspecified atom stereocenters. The Morgan fingerprint density at radius 2 is 1.61 bits per heavy atom. The maximum atomic E-state index is 12.6. The highest BCUT2D eigenvalue weighted by Crippen LogP contribution is 2.17. The Bertz CT molecular complexity index is 892. The summed E-state index contributed by atoms with van der Waals surface area (Å²) in [5.74, 6) is -0.0204. The fourth-order valence-corrected chi connectivity index (χ4v) is 4.80. The van der Waals surface area contributed by atoms with Gasteiger partial charge in [-0.2, -0.15) is 4.31 Å². The van der Waals surface area contributed by atoms with Gasteiger partial charge < -0.3 is 5.32 Å². The molecule has 1 saturated heterocycles. The van der Waals surface area contributed by atoms with Crippen molar-refractivity contribution < 1.29 is 13.2 Å². The molecule has 28 heavy (non-hydrogen) atoms. The molecule has 2 aromatic carbocycles. The Morgan fingerprint density at radius 1 is 0.964 bits per heavy atom. The van der Waals surface area contributed by atoms with E-state index < -0.39 is 10.0 Å². The summed E-state index contributed by atoms with van der Waals surface area (Å²) < 4.78 is 26.8. The molecule has 6 nitrogen and oxygen atoms in total. The zero-order valence-electron chi connectivity index (χ0n) is 16.2. The van der Waals surface area contributed by atoms with Crippen molar-refractivity contribution >= 4 is 15.9 Å². The Balaban J connectivity index is 1.43. The van der Waals surface area contributed by atoms with Crippen LogP contribution in [-0.2, 0) is 21.2 Å². The maximum Gasteiger partial charge on any atom is 0.243 e. The van der Waals surface area contributed by atoms with Crippen LogP contribution < -0.4 is 5.32 Å². The van der Waals surface area contributed by atoms with Gasteiger partial charge in [0.25, 0.3) is 0 Å². The van der Waals surface area contributed by atoms with E-state index in [0.717, 1.165) is 6.42 Å². The molecule has 1 N–H and O–H groups in total. The highest BCUT2D eigenvalue weighted by atomic mass is 32.2. The van der Waals surface area contributed by atoms with E-state index >= 15 is 0 Å². The first-order valence-electron chi connectivity index (χ1n) is 9.55. The number of sulfonamides is 1. The van der Waals surface area contributed by atoms with Crippen LogP contribution in [0.2, 0.25) is 0 Å². The fourth-order valence-electron chi connectivity index (χ4n) is 3.36. The minimum Gasteiger partial charge on any atom is -0.355 e. The number of carbonyl (C=O) groups is 1. The van der Waals surface area contributed by atoms with Gasteiger partial charge in [0, 0.05) is 32.7 Å². The van der Waals surface area contributed by atoms with E-state index in [1.165, 1.54) is 15.4 Å². The molecule has 1 amide bonds. The molecule has 3 rings (SSSR count). The summed E-state index contributed by atoms with van der Waals surface area (Å²) in [4.78, 5) is 14.5. The third kappa shape index (κ3) is 5.19. The quantitative estimate of drug-likeness (QED) is 0.766. The minimum absolute atomic E-state index is 0.0204. The van der Waals surface area contributed by atoms with E-state index in [9.17, 15) is 13.2 Å². The molecular weight excluding hydrogens is 374 g/mol. The first kappa shape index (κ1) is 20.5. The number of nitrogens with zero attached hydrogens (tertiary/aromatic N) is 2. The molecule has 0 aromatic heterocycles. The van der Waals surface area contributed by atoms with Gasteiger partial charge in [-0.3, -0.25) is 9.69 Å². The van der Waals surface area contributed by atoms with Gasteiger partial charge in [0.1, 0.15) is 0 Å². The summed E-state index contributed by atoms with van der Waals surface area (Å²) in [6.07, 6.45) is 0.807. The molecule has 7 heteroatoms. The van der Waals surface area contributed by atoms with E-state index in [2.05, 4.69) is 24.4 Å². The highest BCUT2D eigenvalue weighted by Gasteiger charge is 2.28. The molecule has 0 bridgehead atoms. The van der Waals surface area contributed by atoms with Gasteiger partial charge >= 0.3 is 0 Å². The Hall–Kier alpha value is -2.22. The molecule has 0 spiro atoms. The minimum atomic E-state index is -3.46. The molecule has 150 valence electrons. The molecular formula is C21H27N3O3S. The molecule has 2 aromatic rings. The standard InChI is InChI=1S/C21H27N3O3S/c1-18-7-5-6-8-19(18)11-12-22-21(25)17-23-13-15-24(16-14-23)28(26,27)20-9-3-2-4-10-20/h2-10H,11-17H2,1H3,(H,22,25). The van der Waals surface area contributed by atoms with Crippen molar-refractivity contribution in [1.29, 1.82) is 0 Å². The average Bonchev–Trinajstić information content (AvgIpc) is 2.70. The van der Waals surface area contributed by atoms with Gasteiger partial charge in [-0.15, -0.1) is 0 Å². The summed E-state index contributed by atoms with van der Waals surface area (Å²) in [6, 6.07) is 16.6. The van der Waals surface area contributed by atoms with Gasteiger partial charge in [0.05, 0.1) is 11.4 Å². The lowest BCUT2D eigenvalue weighted by atomic mass is 10.1. The van der Waals surface area contributed by atoms with Gasteiger partial charge in [-0.25, -0.2) is 8.42 Å². The molecule has 1 fully saturated rings. The topological polar surface area (TPSA) is 69.7 Å². The normalized spacial score (nSPS) is 16.0. The molecule has 1 heterocycles. The predicted molar refractivity (Wildman–Crippen MR) is 110 cm³/mol. The van der Waals surface area contributed by atoms with E-state index in [4.69, 9.17) is 0 Å². The van der Waals surface area contributed by atoms with Gasteiger partial charge in [-0.05, 0) is 36.6 Å². The van der Waals surface area contributed by atoms with Crippen LogP contribution in [0.4, 0.5) is 0 Å². The Kier molecular flexibility index (Phi) is 6.83. The average molecular weight is 402 g/mol. The zero-order valence-corrected chi connectivity index (χ0v) is 17.0. The summed E-state index contributed by atoms with van der Waals surface area (Å²) in [7, 11) is -3.46. The highest BCUT2D eigenvalue weighted by molar-refractivity contribution is 7.89. The lowest BCUT2D eigenvalue weighted by molar-refractivity contribution is -0.122. The number of benzene rings is 2. The first-order valence-corrected chi connectivity index (χ1v) is 11.0. The number of rotatable bonds is 7. The molecule has 0 atom stereocenters. The van der Waals surface area contributed by atoms with Crippen molar-refractivity contribution in [3.63, 3.8) is 0 Å². The molecule has 1 aliphatic rings. The van der Waals surface area contributed by atoms with Crippen molar-refractivity contribution in [3.8, 4) is 0 Å². The summed E-state index contributed by atoms with van der Waals surface area (Å²) >= 11 is 0. The number of hydrogen-bond donors (Lipinski definition) is 1. The maximum absolute atomic E-state index is 12.6. The van der Waals surface area contributed by atoms with Crippen molar-refractivity contribution in [2.45, 2.75) is 18.2 Å². The smallest absolute Gasteiger partial charge is 0.243 e. The second-order valence-corrected chi connectivity index (χ2v) is 8.96. The SMILES string of the molecule is Cc1ccccc1CCNC(=O)CN1CCN(S(=O)(=O)c2ccccc2)CC1. The number of carbonyl (C=O) groups excluding carboxylic acids is 1. The van der Waals surface area contributed by atoms with E-state index in [1.54, 1.807) is 30.3 Å².